The van der Waals surface area contributed by atoms with Gasteiger partial charge >= 0.3 is 5.97 Å². The Bertz CT molecular complexity index is 616. The van der Waals surface area contributed by atoms with Crippen LogP contribution in [0.2, 0.25) is 0 Å². The van der Waals surface area contributed by atoms with Crippen LogP contribution in [0.3, 0.4) is 0 Å². The van der Waals surface area contributed by atoms with E-state index < -0.39 is 12.1 Å². The van der Waals surface area contributed by atoms with E-state index in [0.29, 0.717) is 5.56 Å². The van der Waals surface area contributed by atoms with Crippen LogP contribution in [0.5, 0.6) is 0 Å². The minimum Gasteiger partial charge on any atom is -0.365 e. The Hall–Kier alpha value is -1.44. The van der Waals surface area contributed by atoms with E-state index in [-0.39, 0.29) is 0 Å². The number of hydroxylamine groups is 1. The second kappa shape index (κ2) is 6.83. The van der Waals surface area contributed by atoms with Crippen molar-refractivity contribution in [2.24, 2.45) is 5.73 Å². The summed E-state index contributed by atoms with van der Waals surface area (Å²) < 4.78 is 0.972. The fraction of sp³-hybridized carbons (Fsp3) is 0.133. The maximum absolute atomic E-state index is 11.9. The maximum Gasteiger partial charge on any atom is 0.356 e. The molecule has 2 rings (SSSR count). The van der Waals surface area contributed by atoms with Gasteiger partial charge in [-0.1, -0.05) is 35.9 Å². The first-order valence-electron chi connectivity index (χ1n) is 6.10. The first-order chi connectivity index (χ1) is 9.56. The molecule has 104 valence electrons. The highest BCUT2D eigenvalue weighted by Crippen LogP contribution is 2.11. The molecular formula is C15H15IN2O2. The lowest BCUT2D eigenvalue weighted by Gasteiger charge is -2.14. The standard InChI is InChI=1S/C15H15IN2O2/c1-10-4-2-5-11(8-10)14(17)18-20-15(19)12-6-3-7-13(16)9-12/h2-9,14,18H,17H2,1H3. The third-order valence-corrected chi connectivity index (χ3v) is 3.41. The quantitative estimate of drug-likeness (QED) is 0.485. The average molecular weight is 382 g/mol. The Kier molecular flexibility index (Phi) is 5.11. The minimum atomic E-state index is -0.554. The van der Waals surface area contributed by atoms with Crippen molar-refractivity contribution in [3.05, 3.63) is 68.8 Å². The van der Waals surface area contributed by atoms with E-state index in [1.54, 1.807) is 18.2 Å². The summed E-state index contributed by atoms with van der Waals surface area (Å²) in [6, 6.07) is 14.9. The molecule has 0 fully saturated rings. The summed E-state index contributed by atoms with van der Waals surface area (Å²) in [4.78, 5) is 16.9. The first-order valence-corrected chi connectivity index (χ1v) is 7.18. The highest BCUT2D eigenvalue weighted by atomic mass is 127. The smallest absolute Gasteiger partial charge is 0.356 e. The SMILES string of the molecule is Cc1cccc(C(N)NOC(=O)c2cccc(I)c2)c1. The first kappa shape index (κ1) is 15.0. The number of nitrogens with one attached hydrogen (secondary N) is 1. The van der Waals surface area contributed by atoms with Crippen molar-refractivity contribution in [3.63, 3.8) is 0 Å². The van der Waals surface area contributed by atoms with Gasteiger partial charge in [0.2, 0.25) is 0 Å². The Morgan fingerprint density at radius 1 is 1.25 bits per heavy atom. The van der Waals surface area contributed by atoms with Gasteiger partial charge in [0.25, 0.3) is 0 Å². The van der Waals surface area contributed by atoms with Gasteiger partial charge in [-0.25, -0.2) is 4.79 Å². The predicted molar refractivity (Wildman–Crippen MR) is 85.8 cm³/mol. The number of hydrogen-bond acceptors (Lipinski definition) is 4. The Morgan fingerprint density at radius 3 is 2.70 bits per heavy atom. The molecule has 5 heteroatoms. The van der Waals surface area contributed by atoms with Crippen molar-refractivity contribution in [1.82, 2.24) is 5.48 Å². The zero-order chi connectivity index (χ0) is 14.5. The van der Waals surface area contributed by atoms with Crippen LogP contribution >= 0.6 is 22.6 Å². The summed E-state index contributed by atoms with van der Waals surface area (Å²) in [5.74, 6) is -0.452. The van der Waals surface area contributed by atoms with Gasteiger partial charge in [0.15, 0.2) is 0 Å². The Morgan fingerprint density at radius 2 is 2.00 bits per heavy atom. The van der Waals surface area contributed by atoms with Crippen molar-refractivity contribution in [2.45, 2.75) is 13.1 Å². The van der Waals surface area contributed by atoms with Crippen molar-refractivity contribution in [3.8, 4) is 0 Å². The van der Waals surface area contributed by atoms with Crippen LogP contribution in [0.25, 0.3) is 0 Å². The molecule has 0 radical (unpaired) electrons. The maximum atomic E-state index is 11.9. The fourth-order valence-corrected chi connectivity index (χ4v) is 2.27. The second-order valence-corrected chi connectivity index (χ2v) is 5.66. The molecule has 0 spiro atoms. The summed E-state index contributed by atoms with van der Waals surface area (Å²) in [6.07, 6.45) is -0.554. The van der Waals surface area contributed by atoms with Gasteiger partial charge < -0.3 is 10.6 Å². The van der Waals surface area contributed by atoms with Crippen molar-refractivity contribution in [2.75, 3.05) is 0 Å². The highest BCUT2D eigenvalue weighted by molar-refractivity contribution is 14.1. The van der Waals surface area contributed by atoms with Gasteiger partial charge in [0.05, 0.1) is 5.56 Å². The number of halogens is 1. The third kappa shape index (κ3) is 4.03. The van der Waals surface area contributed by atoms with Crippen LogP contribution < -0.4 is 11.2 Å². The van der Waals surface area contributed by atoms with Crippen LogP contribution in [0.1, 0.15) is 27.7 Å². The monoisotopic (exact) mass is 382 g/mol. The number of benzene rings is 2. The molecular weight excluding hydrogens is 367 g/mol. The molecule has 0 bridgehead atoms. The van der Waals surface area contributed by atoms with Crippen LogP contribution in [0.4, 0.5) is 0 Å². The number of rotatable bonds is 4. The lowest BCUT2D eigenvalue weighted by Crippen LogP contribution is -2.31. The molecule has 4 nitrogen and oxygen atoms in total. The van der Waals surface area contributed by atoms with E-state index in [1.807, 2.05) is 37.3 Å². The van der Waals surface area contributed by atoms with Crippen LogP contribution in [-0.4, -0.2) is 5.97 Å². The molecule has 0 aliphatic rings. The molecule has 0 aromatic heterocycles. The molecule has 0 heterocycles. The van der Waals surface area contributed by atoms with E-state index in [2.05, 4.69) is 28.1 Å². The van der Waals surface area contributed by atoms with Crippen LogP contribution in [0, 0.1) is 10.5 Å². The Balaban J connectivity index is 1.96. The molecule has 0 aliphatic heterocycles. The number of carbonyl (C=O) groups is 1. The minimum absolute atomic E-state index is 0.452. The second-order valence-electron chi connectivity index (χ2n) is 4.41. The number of aryl methyl sites for hydroxylation is 1. The Labute approximate surface area is 131 Å². The summed E-state index contributed by atoms with van der Waals surface area (Å²) in [6.45, 7) is 1.98. The predicted octanol–water partition coefficient (Wildman–Crippen LogP) is 2.92. The van der Waals surface area contributed by atoms with E-state index in [4.69, 9.17) is 10.6 Å². The van der Waals surface area contributed by atoms with Gasteiger partial charge in [-0.3, -0.25) is 0 Å². The number of carbonyl (C=O) groups excluding carboxylic acids is 1. The molecule has 0 amide bonds. The van der Waals surface area contributed by atoms with Crippen molar-refractivity contribution in [1.29, 1.82) is 0 Å². The molecule has 0 saturated heterocycles. The lowest BCUT2D eigenvalue weighted by molar-refractivity contribution is 0.0157. The van der Waals surface area contributed by atoms with Gasteiger partial charge in [0.1, 0.15) is 6.17 Å². The van der Waals surface area contributed by atoms with E-state index >= 15 is 0 Å². The molecule has 20 heavy (non-hydrogen) atoms. The third-order valence-electron chi connectivity index (χ3n) is 2.74. The zero-order valence-corrected chi connectivity index (χ0v) is 13.1. The summed E-state index contributed by atoms with van der Waals surface area (Å²) >= 11 is 2.14. The fourth-order valence-electron chi connectivity index (χ4n) is 1.72. The van der Waals surface area contributed by atoms with Gasteiger partial charge in [-0.15, -0.1) is 5.48 Å². The summed E-state index contributed by atoms with van der Waals surface area (Å²) in [5, 5.41) is 0. The van der Waals surface area contributed by atoms with E-state index in [0.717, 1.165) is 14.7 Å². The molecule has 3 N–H and O–H groups in total. The van der Waals surface area contributed by atoms with Gasteiger partial charge in [-0.05, 0) is 53.3 Å². The largest absolute Gasteiger partial charge is 0.365 e. The molecule has 0 aliphatic carbocycles. The summed E-state index contributed by atoms with van der Waals surface area (Å²) in [5.41, 5.74) is 10.9. The van der Waals surface area contributed by atoms with E-state index in [1.165, 1.54) is 0 Å². The molecule has 1 unspecified atom stereocenters. The topological polar surface area (TPSA) is 64.3 Å². The van der Waals surface area contributed by atoms with Crippen LogP contribution in [0.15, 0.2) is 48.5 Å². The summed E-state index contributed by atoms with van der Waals surface area (Å²) in [7, 11) is 0. The molecule has 2 aromatic carbocycles. The van der Waals surface area contributed by atoms with Crippen LogP contribution in [-0.2, 0) is 4.84 Å². The molecule has 1 atom stereocenters. The normalized spacial score (nSPS) is 11.9. The zero-order valence-electron chi connectivity index (χ0n) is 11.0. The van der Waals surface area contributed by atoms with Crippen molar-refractivity contribution < 1.29 is 9.63 Å². The van der Waals surface area contributed by atoms with E-state index in [9.17, 15) is 4.79 Å². The highest BCUT2D eigenvalue weighted by Gasteiger charge is 2.11. The molecule has 2 aromatic rings. The lowest BCUT2D eigenvalue weighted by atomic mass is 10.1. The molecule has 0 saturated carbocycles. The van der Waals surface area contributed by atoms with Gasteiger partial charge in [0, 0.05) is 3.57 Å². The van der Waals surface area contributed by atoms with Crippen molar-refractivity contribution >= 4 is 28.6 Å². The average Bonchev–Trinajstić information content (AvgIpc) is 2.44. The number of hydrogen-bond donors (Lipinski definition) is 2. The van der Waals surface area contributed by atoms with Gasteiger partial charge in [-0.2, -0.15) is 0 Å². The number of nitrogens with two attached hydrogens (primary N) is 1.